The monoisotopic (exact) mass is 207 g/mol. The summed E-state index contributed by atoms with van der Waals surface area (Å²) in [5.74, 6) is 0.621. The lowest BCUT2D eigenvalue weighted by Crippen LogP contribution is -2.35. The van der Waals surface area contributed by atoms with Gasteiger partial charge in [-0.3, -0.25) is 0 Å². The number of ether oxygens (including phenoxy) is 1. The zero-order valence-corrected chi connectivity index (χ0v) is 8.72. The molecule has 78 valence electrons. The number of nitrogens with two attached hydrogens (primary N) is 1. The molecule has 2 N–H and O–H groups in total. The molecule has 0 spiro atoms. The van der Waals surface area contributed by atoms with Gasteiger partial charge in [0.25, 0.3) is 0 Å². The summed E-state index contributed by atoms with van der Waals surface area (Å²) < 4.78 is 27.4. The summed E-state index contributed by atoms with van der Waals surface area (Å²) in [5, 5.41) is 0. The Morgan fingerprint density at radius 2 is 2.31 bits per heavy atom. The van der Waals surface area contributed by atoms with Gasteiger partial charge in [-0.05, 0) is 19.3 Å². The van der Waals surface area contributed by atoms with Gasteiger partial charge in [0.2, 0.25) is 0 Å². The van der Waals surface area contributed by atoms with Gasteiger partial charge in [-0.2, -0.15) is 0 Å². The predicted molar refractivity (Wildman–Crippen MR) is 51.2 cm³/mol. The summed E-state index contributed by atoms with van der Waals surface area (Å²) in [7, 11) is -2.80. The van der Waals surface area contributed by atoms with Crippen LogP contribution in [-0.2, 0) is 14.6 Å². The van der Waals surface area contributed by atoms with Crippen LogP contribution in [0.3, 0.4) is 0 Å². The van der Waals surface area contributed by atoms with E-state index in [1.807, 2.05) is 6.92 Å². The lowest BCUT2D eigenvalue weighted by molar-refractivity contribution is 0.119. The summed E-state index contributed by atoms with van der Waals surface area (Å²) in [6.07, 6.45) is 0.691. The van der Waals surface area contributed by atoms with Crippen molar-refractivity contribution in [1.82, 2.24) is 0 Å². The Balaban J connectivity index is 2.37. The molecule has 2 atom stereocenters. The molecule has 1 aliphatic heterocycles. The maximum atomic E-state index is 11.1. The summed E-state index contributed by atoms with van der Waals surface area (Å²) in [6.45, 7) is 3.00. The average Bonchev–Trinajstić information content (AvgIpc) is 2.42. The van der Waals surface area contributed by atoms with Crippen LogP contribution in [0, 0.1) is 5.92 Å². The molecule has 0 saturated carbocycles. The van der Waals surface area contributed by atoms with E-state index in [1.165, 1.54) is 0 Å². The standard InChI is InChI=1S/C8H17NO3S/c1-2-12-5-8(9)7-3-4-13(10,11)6-7/h7-8H,2-6,9H2,1H3. The Morgan fingerprint density at radius 1 is 1.62 bits per heavy atom. The van der Waals surface area contributed by atoms with E-state index in [1.54, 1.807) is 0 Å². The quantitative estimate of drug-likeness (QED) is 0.692. The molecular weight excluding hydrogens is 190 g/mol. The normalized spacial score (nSPS) is 28.9. The fourth-order valence-electron chi connectivity index (χ4n) is 1.55. The lowest BCUT2D eigenvalue weighted by atomic mass is 10.0. The third kappa shape index (κ3) is 3.25. The maximum Gasteiger partial charge on any atom is 0.150 e. The van der Waals surface area contributed by atoms with Crippen LogP contribution >= 0.6 is 0 Å². The molecule has 1 saturated heterocycles. The van der Waals surface area contributed by atoms with Crippen molar-refractivity contribution in [2.75, 3.05) is 24.7 Å². The smallest absolute Gasteiger partial charge is 0.150 e. The molecule has 0 aromatic heterocycles. The summed E-state index contributed by atoms with van der Waals surface area (Å²) in [5.41, 5.74) is 5.80. The van der Waals surface area contributed by atoms with Crippen molar-refractivity contribution in [2.24, 2.45) is 11.7 Å². The van der Waals surface area contributed by atoms with Crippen molar-refractivity contribution in [3.8, 4) is 0 Å². The van der Waals surface area contributed by atoms with Crippen molar-refractivity contribution < 1.29 is 13.2 Å². The van der Waals surface area contributed by atoms with E-state index in [2.05, 4.69) is 0 Å². The molecular formula is C8H17NO3S. The first-order chi connectivity index (χ1) is 6.05. The Kier molecular flexibility index (Phi) is 3.70. The molecule has 0 bridgehead atoms. The van der Waals surface area contributed by atoms with Crippen LogP contribution < -0.4 is 5.73 Å². The van der Waals surface area contributed by atoms with E-state index < -0.39 is 9.84 Å². The Bertz CT molecular complexity index is 250. The van der Waals surface area contributed by atoms with Gasteiger partial charge in [-0.15, -0.1) is 0 Å². The molecule has 2 unspecified atom stereocenters. The second-order valence-corrected chi connectivity index (χ2v) is 5.72. The molecule has 0 amide bonds. The number of rotatable bonds is 4. The first kappa shape index (κ1) is 10.9. The molecule has 1 heterocycles. The van der Waals surface area contributed by atoms with E-state index in [0.717, 1.165) is 0 Å². The van der Waals surface area contributed by atoms with E-state index in [-0.39, 0.29) is 23.5 Å². The highest BCUT2D eigenvalue weighted by atomic mass is 32.2. The van der Waals surface area contributed by atoms with Crippen LogP contribution in [0.1, 0.15) is 13.3 Å². The molecule has 1 fully saturated rings. The van der Waals surface area contributed by atoms with E-state index >= 15 is 0 Å². The third-order valence-electron chi connectivity index (χ3n) is 2.39. The van der Waals surface area contributed by atoms with E-state index in [0.29, 0.717) is 19.6 Å². The molecule has 0 aliphatic carbocycles. The molecule has 0 aromatic rings. The average molecular weight is 207 g/mol. The Morgan fingerprint density at radius 3 is 2.77 bits per heavy atom. The van der Waals surface area contributed by atoms with Gasteiger partial charge in [0.1, 0.15) is 0 Å². The second kappa shape index (κ2) is 4.39. The van der Waals surface area contributed by atoms with Crippen LogP contribution in [0.5, 0.6) is 0 Å². The largest absolute Gasteiger partial charge is 0.380 e. The van der Waals surface area contributed by atoms with Gasteiger partial charge in [-0.1, -0.05) is 0 Å². The van der Waals surface area contributed by atoms with Gasteiger partial charge in [0.15, 0.2) is 9.84 Å². The van der Waals surface area contributed by atoms with Crippen molar-refractivity contribution >= 4 is 9.84 Å². The minimum absolute atomic E-state index is 0.0940. The minimum atomic E-state index is -2.80. The van der Waals surface area contributed by atoms with Gasteiger partial charge >= 0.3 is 0 Å². The zero-order chi connectivity index (χ0) is 9.90. The highest BCUT2D eigenvalue weighted by Gasteiger charge is 2.31. The SMILES string of the molecule is CCOCC(N)C1CCS(=O)(=O)C1. The molecule has 5 heteroatoms. The first-order valence-corrected chi connectivity index (χ1v) is 6.41. The molecule has 0 aromatic carbocycles. The van der Waals surface area contributed by atoms with Crippen molar-refractivity contribution in [3.63, 3.8) is 0 Å². The molecule has 1 aliphatic rings. The lowest BCUT2D eigenvalue weighted by Gasteiger charge is -2.16. The van der Waals surface area contributed by atoms with Crippen LogP contribution in [0.4, 0.5) is 0 Å². The van der Waals surface area contributed by atoms with Crippen LogP contribution in [-0.4, -0.2) is 39.2 Å². The van der Waals surface area contributed by atoms with Crippen LogP contribution in [0.25, 0.3) is 0 Å². The highest BCUT2D eigenvalue weighted by Crippen LogP contribution is 2.20. The summed E-state index contributed by atoms with van der Waals surface area (Å²) in [4.78, 5) is 0. The molecule has 1 rings (SSSR count). The number of hydrogen-bond acceptors (Lipinski definition) is 4. The highest BCUT2D eigenvalue weighted by molar-refractivity contribution is 7.91. The van der Waals surface area contributed by atoms with Gasteiger partial charge < -0.3 is 10.5 Å². The number of sulfone groups is 1. The molecule has 0 radical (unpaired) electrons. The van der Waals surface area contributed by atoms with Gasteiger partial charge in [-0.25, -0.2) is 8.42 Å². The summed E-state index contributed by atoms with van der Waals surface area (Å²) in [6, 6.07) is -0.128. The van der Waals surface area contributed by atoms with Crippen molar-refractivity contribution in [2.45, 2.75) is 19.4 Å². The van der Waals surface area contributed by atoms with E-state index in [4.69, 9.17) is 10.5 Å². The predicted octanol–water partition coefficient (Wildman–Crippen LogP) is -0.215. The topological polar surface area (TPSA) is 69.4 Å². The van der Waals surface area contributed by atoms with Gasteiger partial charge in [0.05, 0.1) is 18.1 Å². The van der Waals surface area contributed by atoms with E-state index in [9.17, 15) is 8.42 Å². The maximum absolute atomic E-state index is 11.1. The van der Waals surface area contributed by atoms with Crippen molar-refractivity contribution in [1.29, 1.82) is 0 Å². The summed E-state index contributed by atoms with van der Waals surface area (Å²) >= 11 is 0. The fraction of sp³-hybridized carbons (Fsp3) is 1.00. The molecule has 4 nitrogen and oxygen atoms in total. The minimum Gasteiger partial charge on any atom is -0.380 e. The molecule has 13 heavy (non-hydrogen) atoms. The third-order valence-corrected chi connectivity index (χ3v) is 4.18. The zero-order valence-electron chi connectivity index (χ0n) is 7.90. The first-order valence-electron chi connectivity index (χ1n) is 4.59. The number of hydrogen-bond donors (Lipinski definition) is 1. The van der Waals surface area contributed by atoms with Crippen LogP contribution in [0.15, 0.2) is 0 Å². The van der Waals surface area contributed by atoms with Gasteiger partial charge in [0, 0.05) is 12.6 Å². The fourth-order valence-corrected chi connectivity index (χ4v) is 3.45. The van der Waals surface area contributed by atoms with Crippen LogP contribution in [0.2, 0.25) is 0 Å². The Labute approximate surface area is 79.4 Å². The van der Waals surface area contributed by atoms with Crippen molar-refractivity contribution in [3.05, 3.63) is 0 Å². The second-order valence-electron chi connectivity index (χ2n) is 3.49. The Hall–Kier alpha value is -0.130.